The molecule has 10 heteroatoms. The molecule has 2 rings (SSSR count). The fraction of sp³-hybridized carbons (Fsp3) is 0.222. The van der Waals surface area contributed by atoms with Crippen LogP contribution in [0.2, 0.25) is 0 Å². The van der Waals surface area contributed by atoms with E-state index in [9.17, 15) is 14.9 Å². The number of hydrogen-bond donors (Lipinski definition) is 2. The molecule has 0 aromatic carbocycles. The number of nitrogens with zero attached hydrogens (tertiary/aromatic N) is 4. The zero-order valence-corrected chi connectivity index (χ0v) is 10.7. The van der Waals surface area contributed by atoms with Crippen molar-refractivity contribution in [1.82, 2.24) is 19.7 Å². The summed E-state index contributed by atoms with van der Waals surface area (Å²) in [6.07, 6.45) is 0. The summed E-state index contributed by atoms with van der Waals surface area (Å²) in [5.41, 5.74) is 4.95. The number of hydrogen-bond acceptors (Lipinski definition) is 7. The molecule has 0 saturated heterocycles. The van der Waals surface area contributed by atoms with Crippen LogP contribution in [0.4, 0.5) is 11.5 Å². The van der Waals surface area contributed by atoms with Crippen molar-refractivity contribution in [2.75, 3.05) is 5.73 Å². The molecule has 0 aliphatic heterocycles. The molecule has 19 heavy (non-hydrogen) atoms. The maximum Gasteiger partial charge on any atom is 0.343 e. The van der Waals surface area contributed by atoms with Gasteiger partial charge in [-0.25, -0.2) is 14.9 Å². The van der Waals surface area contributed by atoms with E-state index in [0.29, 0.717) is 11.7 Å². The Morgan fingerprint density at radius 2 is 2.32 bits per heavy atom. The van der Waals surface area contributed by atoms with Crippen LogP contribution in [-0.2, 0) is 6.54 Å². The van der Waals surface area contributed by atoms with Crippen molar-refractivity contribution in [1.29, 1.82) is 0 Å². The van der Waals surface area contributed by atoms with Crippen molar-refractivity contribution in [2.24, 2.45) is 0 Å². The van der Waals surface area contributed by atoms with Crippen LogP contribution in [0.15, 0.2) is 27.1 Å². The lowest BCUT2D eigenvalue weighted by Crippen LogP contribution is -2.16. The van der Waals surface area contributed by atoms with E-state index in [2.05, 4.69) is 15.2 Å². The van der Waals surface area contributed by atoms with Gasteiger partial charge < -0.3 is 5.73 Å². The fourth-order valence-corrected chi connectivity index (χ4v) is 2.39. The van der Waals surface area contributed by atoms with Crippen LogP contribution in [-0.4, -0.2) is 24.7 Å². The average Bonchev–Trinajstić information content (AvgIpc) is 2.69. The van der Waals surface area contributed by atoms with E-state index in [1.165, 1.54) is 16.7 Å². The summed E-state index contributed by atoms with van der Waals surface area (Å²) >= 11 is 0.917. The molecular weight excluding hydrogens is 272 g/mol. The molecule has 0 fully saturated rings. The first kappa shape index (κ1) is 13.1. The molecular formula is C9H10N6O3S. The number of H-pyrrole nitrogens is 1. The maximum atomic E-state index is 11.4. The van der Waals surface area contributed by atoms with E-state index in [-0.39, 0.29) is 22.2 Å². The van der Waals surface area contributed by atoms with E-state index >= 15 is 0 Å². The number of rotatable bonds is 4. The van der Waals surface area contributed by atoms with E-state index in [1.807, 2.05) is 0 Å². The quantitative estimate of drug-likeness (QED) is 0.620. The number of nitro groups is 1. The minimum atomic E-state index is -0.560. The summed E-state index contributed by atoms with van der Waals surface area (Å²) in [5.74, 6) is 0.161. The molecule has 100 valence electrons. The van der Waals surface area contributed by atoms with E-state index in [0.717, 1.165) is 11.8 Å². The molecule has 2 aromatic heterocycles. The van der Waals surface area contributed by atoms with Gasteiger partial charge in [0.25, 0.3) is 0 Å². The van der Waals surface area contributed by atoms with Crippen LogP contribution < -0.4 is 11.4 Å². The Kier molecular flexibility index (Phi) is 3.51. The topological polar surface area (TPSA) is 133 Å². The molecule has 0 atom stereocenters. The Morgan fingerprint density at radius 3 is 2.95 bits per heavy atom. The molecule has 0 aliphatic rings. The fourth-order valence-electron chi connectivity index (χ4n) is 1.41. The molecule has 0 bridgehead atoms. The van der Waals surface area contributed by atoms with Gasteiger partial charge in [-0.05, 0) is 24.8 Å². The zero-order valence-electron chi connectivity index (χ0n) is 9.86. The first-order valence-corrected chi connectivity index (χ1v) is 6.08. The van der Waals surface area contributed by atoms with Crippen molar-refractivity contribution in [3.05, 3.63) is 32.7 Å². The minimum absolute atomic E-state index is 0.0960. The molecule has 0 amide bonds. The Balaban J connectivity index is 2.45. The molecule has 0 saturated carbocycles. The number of pyridine rings is 1. The van der Waals surface area contributed by atoms with Gasteiger partial charge in [0.1, 0.15) is 5.82 Å². The van der Waals surface area contributed by atoms with E-state index < -0.39 is 4.92 Å². The third-order valence-corrected chi connectivity index (χ3v) is 3.27. The van der Waals surface area contributed by atoms with Crippen LogP contribution in [0.3, 0.4) is 0 Å². The zero-order chi connectivity index (χ0) is 14.0. The van der Waals surface area contributed by atoms with Gasteiger partial charge in [0.2, 0.25) is 0 Å². The van der Waals surface area contributed by atoms with Crippen LogP contribution in [0, 0.1) is 10.1 Å². The van der Waals surface area contributed by atoms with E-state index in [1.54, 1.807) is 6.92 Å². The molecule has 0 spiro atoms. The second kappa shape index (κ2) is 5.10. The highest BCUT2D eigenvalue weighted by molar-refractivity contribution is 7.99. The second-order valence-corrected chi connectivity index (χ2v) is 4.43. The number of aromatic amines is 1. The molecule has 2 aromatic rings. The first-order chi connectivity index (χ1) is 9.02. The summed E-state index contributed by atoms with van der Waals surface area (Å²) in [5, 5.41) is 17.4. The SMILES string of the molecule is CCn1c(Sc2nc(N)ccc2[N+](=O)[O-])n[nH]c1=O. The molecule has 0 unspecified atom stereocenters. The largest absolute Gasteiger partial charge is 0.384 e. The lowest BCUT2D eigenvalue weighted by molar-refractivity contribution is -0.388. The predicted octanol–water partition coefficient (Wildman–Crippen LogP) is 0.628. The van der Waals surface area contributed by atoms with Crippen molar-refractivity contribution >= 4 is 23.3 Å². The Morgan fingerprint density at radius 1 is 1.58 bits per heavy atom. The summed E-state index contributed by atoms with van der Waals surface area (Å²) in [4.78, 5) is 25.6. The van der Waals surface area contributed by atoms with Crippen molar-refractivity contribution in [2.45, 2.75) is 23.7 Å². The maximum absolute atomic E-state index is 11.4. The Hall–Kier alpha value is -2.36. The highest BCUT2D eigenvalue weighted by atomic mass is 32.2. The monoisotopic (exact) mass is 282 g/mol. The molecule has 2 heterocycles. The van der Waals surface area contributed by atoms with Gasteiger partial charge >= 0.3 is 11.4 Å². The lowest BCUT2D eigenvalue weighted by atomic mass is 10.4. The Labute approximate surface area is 111 Å². The summed E-state index contributed by atoms with van der Waals surface area (Å²) in [7, 11) is 0. The summed E-state index contributed by atoms with van der Waals surface area (Å²) in [6.45, 7) is 2.16. The van der Waals surface area contributed by atoms with Gasteiger partial charge in [0.05, 0.1) is 4.92 Å². The molecule has 0 radical (unpaired) electrons. The number of anilines is 1. The number of nitrogens with two attached hydrogens (primary N) is 1. The van der Waals surface area contributed by atoms with Gasteiger partial charge in [0.15, 0.2) is 10.2 Å². The number of nitrogen functional groups attached to an aromatic ring is 1. The number of aromatic nitrogens is 4. The van der Waals surface area contributed by atoms with Gasteiger partial charge in [-0.3, -0.25) is 14.7 Å². The van der Waals surface area contributed by atoms with Crippen LogP contribution in [0.1, 0.15) is 6.92 Å². The summed E-state index contributed by atoms with van der Waals surface area (Å²) in [6, 6.07) is 2.62. The summed E-state index contributed by atoms with van der Waals surface area (Å²) < 4.78 is 1.35. The van der Waals surface area contributed by atoms with Crippen LogP contribution in [0.25, 0.3) is 0 Å². The highest BCUT2D eigenvalue weighted by Crippen LogP contribution is 2.32. The van der Waals surface area contributed by atoms with Crippen LogP contribution in [0.5, 0.6) is 0 Å². The van der Waals surface area contributed by atoms with Crippen LogP contribution >= 0.6 is 11.8 Å². The minimum Gasteiger partial charge on any atom is -0.384 e. The third-order valence-electron chi connectivity index (χ3n) is 2.29. The van der Waals surface area contributed by atoms with Gasteiger partial charge in [-0.1, -0.05) is 0 Å². The molecule has 9 nitrogen and oxygen atoms in total. The normalized spacial score (nSPS) is 10.6. The Bertz CT molecular complexity index is 679. The average molecular weight is 282 g/mol. The standard InChI is InChI=1S/C9H10N6O3S/c1-2-14-8(16)12-13-9(14)19-7-5(15(17)18)3-4-6(10)11-7/h3-4H,2H2,1H3,(H2,10,11)(H,12,16). The lowest BCUT2D eigenvalue weighted by Gasteiger charge is -2.03. The second-order valence-electron chi connectivity index (χ2n) is 3.48. The van der Waals surface area contributed by atoms with Gasteiger partial charge in [-0.2, -0.15) is 0 Å². The third kappa shape index (κ3) is 2.57. The van der Waals surface area contributed by atoms with Crippen molar-refractivity contribution in [3.63, 3.8) is 0 Å². The predicted molar refractivity (Wildman–Crippen MR) is 67.9 cm³/mol. The molecule has 0 aliphatic carbocycles. The first-order valence-electron chi connectivity index (χ1n) is 5.27. The molecule has 3 N–H and O–H groups in total. The number of nitrogens with one attached hydrogen (secondary N) is 1. The van der Waals surface area contributed by atoms with Crippen molar-refractivity contribution in [3.8, 4) is 0 Å². The van der Waals surface area contributed by atoms with Crippen molar-refractivity contribution < 1.29 is 4.92 Å². The van der Waals surface area contributed by atoms with E-state index in [4.69, 9.17) is 5.73 Å². The van der Waals surface area contributed by atoms with Gasteiger partial charge in [0, 0.05) is 12.6 Å². The van der Waals surface area contributed by atoms with Gasteiger partial charge in [-0.15, -0.1) is 5.10 Å². The highest BCUT2D eigenvalue weighted by Gasteiger charge is 2.19. The smallest absolute Gasteiger partial charge is 0.343 e.